The molecular formula is C46H62N4O11. The van der Waals surface area contributed by atoms with E-state index in [-0.39, 0.29) is 50.7 Å². The van der Waals surface area contributed by atoms with E-state index in [0.29, 0.717) is 18.8 Å². The van der Waals surface area contributed by atoms with E-state index in [9.17, 15) is 34.5 Å². The maximum Gasteiger partial charge on any atom is 0.312 e. The average molecular weight is 847 g/mol. The zero-order valence-electron chi connectivity index (χ0n) is 37.1. The normalized spacial score (nSPS) is 33.8. The van der Waals surface area contributed by atoms with Crippen LogP contribution in [0.2, 0.25) is 0 Å². The van der Waals surface area contributed by atoms with Gasteiger partial charge in [0.1, 0.15) is 29.0 Å². The van der Waals surface area contributed by atoms with Crippen molar-refractivity contribution >= 4 is 29.2 Å². The Morgan fingerprint density at radius 3 is 2.28 bits per heavy atom. The molecule has 1 aromatic rings. The number of methoxy groups -OCH3 is 1. The third-order valence-electron chi connectivity index (χ3n) is 13.0. The second-order valence-electron chi connectivity index (χ2n) is 18.0. The number of aliphatic hydroxyl groups excluding tert-OH is 2. The van der Waals surface area contributed by atoms with Crippen LogP contribution in [0.25, 0.3) is 0 Å². The van der Waals surface area contributed by atoms with Crippen LogP contribution in [0.5, 0.6) is 11.5 Å². The molecule has 4 aliphatic heterocycles. The molecule has 9 atom stereocenters. The Morgan fingerprint density at radius 1 is 0.984 bits per heavy atom. The Balaban J connectivity index is 1.49. The summed E-state index contributed by atoms with van der Waals surface area (Å²) in [5.74, 6) is -6.78. The standard InChI is InChI=1S/C46H62N4O11/c1-22(2)21-50-18-16-46(17-19-50)48-34-31-32-39(54)28(8)42-33(31)43(56)45(10,61-42)59-20-15-30(58-11)25(5)41(60-29(9)51)27(7)38(53)26(6)37(52)23(3)13-12-14-24(4)44(57)47-36(40(32)55)35(34)49-46/h12-15,20,22-23,25-27,30,37-38,41,49,52-54H,16-19,21H2,1-11H3,(H,47,57)/b13-12+,20-15+,24-14+/t23-,25+,26+,27+,30-,37-,38+,41+,45-/m0/s1. The summed E-state index contributed by atoms with van der Waals surface area (Å²) in [6.45, 7) is 19.5. The topological polar surface area (TPSA) is 206 Å². The van der Waals surface area contributed by atoms with E-state index in [1.54, 1.807) is 58.9 Å². The number of rotatable bonds is 4. The number of likely N-dealkylation sites (tertiary alicyclic amines) is 1. The fourth-order valence-corrected chi connectivity index (χ4v) is 9.27. The molecule has 1 fully saturated rings. The van der Waals surface area contributed by atoms with Crippen LogP contribution in [0, 0.1) is 36.5 Å². The highest BCUT2D eigenvalue weighted by Gasteiger charge is 2.54. The van der Waals surface area contributed by atoms with Crippen LogP contribution in [-0.2, 0) is 23.8 Å². The number of piperidine rings is 1. The number of allylic oxidation sites excluding steroid dienone is 4. The Hall–Kier alpha value is -4.83. The molecule has 332 valence electrons. The van der Waals surface area contributed by atoms with Gasteiger partial charge in [0.2, 0.25) is 5.78 Å². The number of ketones is 2. The number of amides is 1. The Labute approximate surface area is 357 Å². The molecule has 0 saturated carbocycles. The first-order valence-electron chi connectivity index (χ1n) is 21.3. The molecule has 15 heteroatoms. The van der Waals surface area contributed by atoms with Crippen molar-refractivity contribution in [1.29, 1.82) is 0 Å². The van der Waals surface area contributed by atoms with Gasteiger partial charge < -0.3 is 49.8 Å². The van der Waals surface area contributed by atoms with E-state index >= 15 is 0 Å². The highest BCUT2D eigenvalue weighted by atomic mass is 16.7. The minimum atomic E-state index is -1.97. The molecule has 1 aliphatic carbocycles. The number of carbonyl (C=O) groups excluding carboxylic acids is 4. The van der Waals surface area contributed by atoms with Gasteiger partial charge in [0.05, 0.1) is 47.1 Å². The molecule has 5 bridgehead atoms. The van der Waals surface area contributed by atoms with E-state index in [0.717, 1.165) is 19.6 Å². The summed E-state index contributed by atoms with van der Waals surface area (Å²) in [5, 5.41) is 41.0. The number of benzene rings is 1. The minimum Gasteiger partial charge on any atom is -0.507 e. The third-order valence-corrected chi connectivity index (χ3v) is 13.0. The van der Waals surface area contributed by atoms with Crippen LogP contribution in [0.3, 0.4) is 0 Å². The fraction of sp³-hybridized carbons (Fsp3) is 0.587. The number of phenolic OH excluding ortho intramolecular Hbond substituents is 1. The maximum atomic E-state index is 14.7. The predicted molar refractivity (Wildman–Crippen MR) is 227 cm³/mol. The number of nitrogens with one attached hydrogen (secondary N) is 2. The van der Waals surface area contributed by atoms with E-state index in [1.165, 1.54) is 34.1 Å². The lowest BCUT2D eigenvalue weighted by Gasteiger charge is -2.38. The average Bonchev–Trinajstić information content (AvgIpc) is 3.71. The van der Waals surface area contributed by atoms with Crippen LogP contribution in [0.1, 0.15) is 107 Å². The van der Waals surface area contributed by atoms with Crippen LogP contribution in [0.4, 0.5) is 0 Å². The van der Waals surface area contributed by atoms with Crippen LogP contribution in [-0.4, -0.2) is 112 Å². The van der Waals surface area contributed by atoms with E-state index in [4.69, 9.17) is 23.9 Å². The highest BCUT2D eigenvalue weighted by molar-refractivity contribution is 6.34. The van der Waals surface area contributed by atoms with Gasteiger partial charge in [0.15, 0.2) is 0 Å². The first-order valence-corrected chi connectivity index (χ1v) is 21.3. The molecule has 1 aromatic carbocycles. The molecule has 1 spiro atoms. The molecule has 0 aromatic heterocycles. The third kappa shape index (κ3) is 8.54. The zero-order chi connectivity index (χ0) is 44.9. The number of carbonyl (C=O) groups is 4. The van der Waals surface area contributed by atoms with Crippen molar-refractivity contribution in [3.63, 3.8) is 0 Å². The van der Waals surface area contributed by atoms with Gasteiger partial charge in [-0.25, -0.2) is 0 Å². The Bertz CT molecular complexity index is 2110. The van der Waals surface area contributed by atoms with Crippen LogP contribution >= 0.6 is 0 Å². The summed E-state index contributed by atoms with van der Waals surface area (Å²) < 4.78 is 24.0. The van der Waals surface area contributed by atoms with Gasteiger partial charge in [0.25, 0.3) is 11.7 Å². The molecule has 5 aliphatic rings. The smallest absolute Gasteiger partial charge is 0.312 e. The zero-order valence-corrected chi connectivity index (χ0v) is 37.1. The van der Waals surface area contributed by atoms with E-state index in [1.807, 2.05) is 0 Å². The van der Waals surface area contributed by atoms with Crippen LogP contribution < -0.4 is 15.4 Å². The van der Waals surface area contributed by atoms with E-state index < -0.39 is 88.7 Å². The Kier molecular flexibility index (Phi) is 13.1. The number of esters is 1. The monoisotopic (exact) mass is 846 g/mol. The predicted octanol–water partition coefficient (Wildman–Crippen LogP) is 4.62. The Morgan fingerprint density at radius 2 is 1.66 bits per heavy atom. The lowest BCUT2D eigenvalue weighted by atomic mass is 9.78. The number of phenols is 1. The first-order chi connectivity index (χ1) is 28.6. The van der Waals surface area contributed by atoms with Gasteiger partial charge >= 0.3 is 11.8 Å². The number of hydrogen-bond donors (Lipinski definition) is 5. The molecule has 5 N–H and O–H groups in total. The van der Waals surface area contributed by atoms with Crippen molar-refractivity contribution in [1.82, 2.24) is 15.5 Å². The number of aromatic hydroxyl groups is 1. The SMILES string of the molecule is CO[C@H]1/C=C/O[C@@]2(C)Oc3c(C)c(O)c4c(c3C2=O)C2=NC3(CCN(CC(C)C)CC3)NC2=C(NC(=O)/C(C)=C/C=C/[C@H](C)[C@H](O)[C@@H](C)[C@@H](O)[C@@H](C)[C@H](OC(C)=O)[C@@H]1C)C4=O. The fourth-order valence-electron chi connectivity index (χ4n) is 9.27. The van der Waals surface area contributed by atoms with Crippen molar-refractivity contribution in [3.8, 4) is 11.5 Å². The lowest BCUT2D eigenvalue weighted by Crippen LogP contribution is -2.50. The molecular weight excluding hydrogens is 785 g/mol. The second-order valence-corrected chi connectivity index (χ2v) is 18.0. The number of aliphatic imine (C=N–C) groups is 1. The van der Waals surface area contributed by atoms with Gasteiger partial charge in [-0.15, -0.1) is 0 Å². The van der Waals surface area contributed by atoms with Gasteiger partial charge in [0, 0.05) is 93.8 Å². The van der Waals surface area contributed by atoms with Crippen molar-refractivity contribution in [2.24, 2.45) is 34.6 Å². The van der Waals surface area contributed by atoms with Gasteiger partial charge in [-0.3, -0.25) is 24.2 Å². The molecule has 1 amide bonds. The van der Waals surface area contributed by atoms with E-state index in [2.05, 4.69) is 29.4 Å². The highest BCUT2D eigenvalue weighted by Crippen LogP contribution is 2.50. The summed E-state index contributed by atoms with van der Waals surface area (Å²) >= 11 is 0. The molecule has 61 heavy (non-hydrogen) atoms. The molecule has 0 radical (unpaired) electrons. The molecule has 4 heterocycles. The molecule has 15 nitrogen and oxygen atoms in total. The lowest BCUT2D eigenvalue weighted by molar-refractivity contribution is -0.160. The number of ether oxygens (including phenoxy) is 4. The van der Waals surface area contributed by atoms with Crippen molar-refractivity contribution in [2.75, 3.05) is 26.7 Å². The molecule has 6 rings (SSSR count). The number of hydrogen-bond acceptors (Lipinski definition) is 14. The van der Waals surface area contributed by atoms with Crippen molar-refractivity contribution in [3.05, 3.63) is 69.8 Å². The molecule has 1 saturated heterocycles. The van der Waals surface area contributed by atoms with Crippen molar-refractivity contribution in [2.45, 2.75) is 118 Å². The minimum absolute atomic E-state index is 0.0164. The van der Waals surface area contributed by atoms with Gasteiger partial charge in [-0.2, -0.15) is 0 Å². The van der Waals surface area contributed by atoms with Gasteiger partial charge in [-0.05, 0) is 25.8 Å². The molecule has 0 unspecified atom stereocenters. The summed E-state index contributed by atoms with van der Waals surface area (Å²) in [6, 6.07) is 0. The second kappa shape index (κ2) is 17.5. The number of nitrogens with zero attached hydrogens (tertiary/aromatic N) is 2. The number of aliphatic hydroxyl groups is 2. The van der Waals surface area contributed by atoms with Crippen LogP contribution in [0.15, 0.2) is 52.5 Å². The van der Waals surface area contributed by atoms with Gasteiger partial charge in [-0.1, -0.05) is 59.8 Å². The largest absolute Gasteiger partial charge is 0.507 e. The summed E-state index contributed by atoms with van der Waals surface area (Å²) in [5.41, 5.74) is -0.192. The summed E-state index contributed by atoms with van der Waals surface area (Å²) in [6.07, 6.45) is 5.06. The maximum absolute atomic E-state index is 14.7. The first kappa shape index (κ1) is 45.7. The number of Topliss-reactive ketones (excluding diaryl/α,β-unsaturated/α-hetero) is 2. The number of fused-ring (bicyclic) bond motifs is 3. The quantitative estimate of drug-likeness (QED) is 0.263. The van der Waals surface area contributed by atoms with Crippen molar-refractivity contribution < 1.29 is 53.4 Å². The summed E-state index contributed by atoms with van der Waals surface area (Å²) in [4.78, 5) is 63.3. The summed E-state index contributed by atoms with van der Waals surface area (Å²) in [7, 11) is 1.46.